The van der Waals surface area contributed by atoms with Crippen molar-refractivity contribution in [1.82, 2.24) is 14.9 Å². The summed E-state index contributed by atoms with van der Waals surface area (Å²) in [5.41, 5.74) is -0.167. The summed E-state index contributed by atoms with van der Waals surface area (Å²) in [4.78, 5) is 23.4. The van der Waals surface area contributed by atoms with Crippen molar-refractivity contribution in [2.24, 2.45) is 0 Å². The normalized spacial score (nSPS) is 13.8. The van der Waals surface area contributed by atoms with E-state index in [0.717, 1.165) is 31.8 Å². The van der Waals surface area contributed by atoms with Crippen molar-refractivity contribution in [3.8, 4) is 23.1 Å². The summed E-state index contributed by atoms with van der Waals surface area (Å²) >= 11 is 5.65. The molecule has 3 aromatic carbocycles. The van der Waals surface area contributed by atoms with Crippen molar-refractivity contribution in [1.29, 1.82) is 0 Å². The lowest BCUT2D eigenvalue weighted by Gasteiger charge is -2.26. The van der Waals surface area contributed by atoms with Crippen molar-refractivity contribution in [3.05, 3.63) is 71.5 Å². The van der Waals surface area contributed by atoms with E-state index in [1.54, 1.807) is 43.5 Å². The van der Waals surface area contributed by atoms with Crippen LogP contribution in [-0.4, -0.2) is 80.7 Å². The Labute approximate surface area is 267 Å². The van der Waals surface area contributed by atoms with Crippen molar-refractivity contribution >= 4 is 39.9 Å². The van der Waals surface area contributed by atoms with Crippen LogP contribution in [0.2, 0.25) is 5.02 Å². The number of carbonyl (C=O) groups is 1. The minimum absolute atomic E-state index is 0.0685. The number of anilines is 2. The molecule has 5 rings (SSSR count). The molecule has 1 aliphatic heterocycles. The molecule has 15 heteroatoms. The predicted octanol–water partition coefficient (Wildman–Crippen LogP) is 6.47. The fourth-order valence-corrected chi connectivity index (χ4v) is 4.75. The van der Waals surface area contributed by atoms with E-state index in [0.29, 0.717) is 66.9 Å². The van der Waals surface area contributed by atoms with Crippen molar-refractivity contribution < 1.29 is 41.7 Å². The highest BCUT2D eigenvalue weighted by atomic mass is 35.5. The molecule has 0 unspecified atom stereocenters. The van der Waals surface area contributed by atoms with Gasteiger partial charge in [-0.05, 0) is 48.5 Å². The van der Waals surface area contributed by atoms with Crippen LogP contribution in [-0.2, 0) is 15.7 Å². The predicted molar refractivity (Wildman–Crippen MR) is 165 cm³/mol. The molecule has 0 bridgehead atoms. The van der Waals surface area contributed by atoms with Gasteiger partial charge in [-0.25, -0.2) is 14.8 Å². The zero-order valence-electron chi connectivity index (χ0n) is 24.7. The van der Waals surface area contributed by atoms with Crippen LogP contribution in [0.25, 0.3) is 10.9 Å². The third kappa shape index (κ3) is 8.88. The Kier molecular flexibility index (Phi) is 11.0. The molecule has 1 fully saturated rings. The van der Waals surface area contributed by atoms with Gasteiger partial charge < -0.3 is 34.3 Å². The van der Waals surface area contributed by atoms with E-state index >= 15 is 0 Å². The fourth-order valence-electron chi connectivity index (χ4n) is 4.52. The van der Waals surface area contributed by atoms with Gasteiger partial charge in [0.05, 0.1) is 41.3 Å². The molecule has 1 aliphatic rings. The van der Waals surface area contributed by atoms with Gasteiger partial charge in [0.2, 0.25) is 5.88 Å². The molecule has 2 amide bonds. The topological polar surface area (TPSA) is 116 Å². The van der Waals surface area contributed by atoms with Crippen molar-refractivity contribution in [3.63, 3.8) is 0 Å². The van der Waals surface area contributed by atoms with Crippen LogP contribution in [0.5, 0.6) is 23.1 Å². The smallest absolute Gasteiger partial charge is 0.417 e. The fraction of sp³-hybridized carbons (Fsp3) is 0.323. The third-order valence-corrected chi connectivity index (χ3v) is 7.16. The van der Waals surface area contributed by atoms with E-state index in [2.05, 4.69) is 25.5 Å². The second kappa shape index (κ2) is 15.3. The first-order valence-corrected chi connectivity index (χ1v) is 14.6. The Bertz CT molecular complexity index is 1640. The maximum Gasteiger partial charge on any atom is 0.417 e. The number of nitrogens with one attached hydrogen (secondary N) is 2. The standard InChI is InChI=1S/C31H31ClF3N5O6/c1-42-14-15-45-27-17-23-26(18-28(27)44-13-10-40-8-11-43-12-9-40)36-19-37-29(23)46-22-5-2-20(3-6-22)38-30(41)39-21-4-7-25(32)24(16-21)31(33,34)35/h2-7,16-19H,8-15H2,1H3,(H2,38,39,41). The van der Waals surface area contributed by atoms with Crippen LogP contribution in [0.3, 0.4) is 0 Å². The van der Waals surface area contributed by atoms with Crippen LogP contribution in [0.1, 0.15) is 5.56 Å². The molecular formula is C31H31ClF3N5O6. The molecule has 1 aromatic heterocycles. The summed E-state index contributed by atoms with van der Waals surface area (Å²) in [5.74, 6) is 1.69. The van der Waals surface area contributed by atoms with Crippen LogP contribution >= 0.6 is 11.6 Å². The van der Waals surface area contributed by atoms with E-state index < -0.39 is 22.8 Å². The maximum atomic E-state index is 13.1. The van der Waals surface area contributed by atoms with Gasteiger partial charge in [-0.3, -0.25) is 4.90 Å². The molecule has 0 radical (unpaired) electrons. The molecular weight excluding hydrogens is 631 g/mol. The highest BCUT2D eigenvalue weighted by molar-refractivity contribution is 6.31. The maximum absolute atomic E-state index is 13.1. The number of urea groups is 1. The highest BCUT2D eigenvalue weighted by Crippen LogP contribution is 2.37. The Balaban J connectivity index is 1.26. The average molecular weight is 662 g/mol. The Hall–Kier alpha value is -4.37. The van der Waals surface area contributed by atoms with Gasteiger partial charge in [0.1, 0.15) is 25.3 Å². The molecule has 4 aromatic rings. The van der Waals surface area contributed by atoms with E-state index in [1.807, 2.05) is 0 Å². The molecule has 2 heterocycles. The lowest BCUT2D eigenvalue weighted by molar-refractivity contribution is -0.137. The number of nitrogens with zero attached hydrogens (tertiary/aromatic N) is 3. The zero-order chi connectivity index (χ0) is 32.5. The van der Waals surface area contributed by atoms with Crippen molar-refractivity contribution in [2.45, 2.75) is 6.18 Å². The molecule has 46 heavy (non-hydrogen) atoms. The van der Waals surface area contributed by atoms with Crippen LogP contribution in [0.4, 0.5) is 29.3 Å². The number of halogens is 4. The molecule has 2 N–H and O–H groups in total. The van der Waals surface area contributed by atoms with E-state index in [4.69, 9.17) is 35.3 Å². The summed E-state index contributed by atoms with van der Waals surface area (Å²) in [6.07, 6.45) is -3.28. The second-order valence-corrected chi connectivity index (χ2v) is 10.4. The molecule has 0 atom stereocenters. The number of alkyl halides is 3. The molecule has 1 saturated heterocycles. The number of benzene rings is 3. The minimum Gasteiger partial charge on any atom is -0.488 e. The first kappa shape index (κ1) is 33.0. The van der Waals surface area contributed by atoms with Gasteiger partial charge in [0.25, 0.3) is 0 Å². The monoisotopic (exact) mass is 661 g/mol. The number of hydrogen-bond acceptors (Lipinski definition) is 9. The lowest BCUT2D eigenvalue weighted by Crippen LogP contribution is -2.38. The van der Waals surface area contributed by atoms with E-state index in [-0.39, 0.29) is 11.6 Å². The number of aromatic nitrogens is 2. The molecule has 244 valence electrons. The highest BCUT2D eigenvalue weighted by Gasteiger charge is 2.33. The molecule has 11 nitrogen and oxygen atoms in total. The van der Waals surface area contributed by atoms with E-state index in [9.17, 15) is 18.0 Å². The average Bonchev–Trinajstić information content (AvgIpc) is 3.03. The number of rotatable bonds is 12. The summed E-state index contributed by atoms with van der Waals surface area (Å²) in [6.45, 7) is 4.99. The molecule has 0 spiro atoms. The Morgan fingerprint density at radius 2 is 1.63 bits per heavy atom. The van der Waals surface area contributed by atoms with Crippen LogP contribution in [0, 0.1) is 0 Å². The number of ether oxygens (including phenoxy) is 5. The van der Waals surface area contributed by atoms with E-state index in [1.165, 1.54) is 12.4 Å². The van der Waals surface area contributed by atoms with Gasteiger partial charge in [0, 0.05) is 44.2 Å². The number of methoxy groups -OCH3 is 1. The van der Waals surface area contributed by atoms with Gasteiger partial charge in [-0.2, -0.15) is 13.2 Å². The summed E-state index contributed by atoms with van der Waals surface area (Å²) in [7, 11) is 1.59. The quantitative estimate of drug-likeness (QED) is 0.165. The van der Waals surface area contributed by atoms with Gasteiger partial charge in [-0.1, -0.05) is 11.6 Å². The second-order valence-electron chi connectivity index (χ2n) is 10.0. The lowest BCUT2D eigenvalue weighted by atomic mass is 10.2. The zero-order valence-corrected chi connectivity index (χ0v) is 25.5. The number of hydrogen-bond donors (Lipinski definition) is 2. The van der Waals surface area contributed by atoms with Crippen LogP contribution < -0.4 is 24.8 Å². The first-order valence-electron chi connectivity index (χ1n) is 14.3. The van der Waals surface area contributed by atoms with Gasteiger partial charge in [0.15, 0.2) is 11.5 Å². The number of amides is 2. The Morgan fingerprint density at radius 3 is 2.37 bits per heavy atom. The minimum atomic E-state index is -4.66. The Morgan fingerprint density at radius 1 is 0.935 bits per heavy atom. The van der Waals surface area contributed by atoms with Gasteiger partial charge in [-0.15, -0.1) is 0 Å². The number of carbonyl (C=O) groups excluding carboxylic acids is 1. The van der Waals surface area contributed by atoms with Gasteiger partial charge >= 0.3 is 12.2 Å². The molecule has 0 aliphatic carbocycles. The SMILES string of the molecule is COCCOc1cc2c(Oc3ccc(NC(=O)Nc4ccc(Cl)c(C(F)(F)F)c4)cc3)ncnc2cc1OCCN1CCOCC1. The first-order chi connectivity index (χ1) is 22.2. The number of morpholine rings is 1. The molecule has 0 saturated carbocycles. The third-order valence-electron chi connectivity index (χ3n) is 6.83. The van der Waals surface area contributed by atoms with Crippen molar-refractivity contribution in [2.75, 3.05) is 70.4 Å². The largest absolute Gasteiger partial charge is 0.488 e. The summed E-state index contributed by atoms with van der Waals surface area (Å²) in [6, 6.07) is 12.2. The summed E-state index contributed by atoms with van der Waals surface area (Å²) in [5, 5.41) is 5.05. The summed E-state index contributed by atoms with van der Waals surface area (Å²) < 4.78 is 68.1. The van der Waals surface area contributed by atoms with Crippen LogP contribution in [0.15, 0.2) is 60.9 Å². The number of fused-ring (bicyclic) bond motifs is 1.